The van der Waals surface area contributed by atoms with Crippen molar-refractivity contribution in [1.82, 2.24) is 5.32 Å². The van der Waals surface area contributed by atoms with Crippen molar-refractivity contribution in [2.45, 2.75) is 39.5 Å². The van der Waals surface area contributed by atoms with Crippen LogP contribution < -0.4 is 5.32 Å². The first kappa shape index (κ1) is 42.9. The maximum absolute atomic E-state index is 11.9. The lowest BCUT2D eigenvalue weighted by Gasteiger charge is -2.32. The first-order valence-corrected chi connectivity index (χ1v) is 15.7. The van der Waals surface area contributed by atoms with E-state index in [0.29, 0.717) is 98.6 Å². The van der Waals surface area contributed by atoms with Crippen molar-refractivity contribution < 1.29 is 57.0 Å². The van der Waals surface area contributed by atoms with Crippen molar-refractivity contribution in [3.05, 3.63) is 12.7 Å². The van der Waals surface area contributed by atoms with Gasteiger partial charge in [0.15, 0.2) is 0 Å². The summed E-state index contributed by atoms with van der Waals surface area (Å²) < 4.78 is 48.8. The number of hydrogen-bond acceptors (Lipinski definition) is 14. The van der Waals surface area contributed by atoms with Crippen LogP contribution >= 0.6 is 0 Å². The zero-order valence-corrected chi connectivity index (χ0v) is 27.5. The summed E-state index contributed by atoms with van der Waals surface area (Å²) in [6.45, 7) is 12.7. The predicted molar refractivity (Wildman–Crippen MR) is 166 cm³/mol. The Morgan fingerprint density at radius 2 is 1.35 bits per heavy atom. The third kappa shape index (κ3) is 26.2. The van der Waals surface area contributed by atoms with Crippen LogP contribution in [0.5, 0.6) is 0 Å². The van der Waals surface area contributed by atoms with E-state index in [1.807, 2.05) is 13.8 Å². The molecule has 264 valence electrons. The highest BCUT2D eigenvalue weighted by atomic mass is 16.6. The molecule has 0 fully saturated rings. The van der Waals surface area contributed by atoms with Crippen molar-refractivity contribution >= 4 is 18.1 Å². The Morgan fingerprint density at radius 3 is 1.91 bits per heavy atom. The van der Waals surface area contributed by atoms with Crippen molar-refractivity contribution in [2.75, 3.05) is 112 Å². The van der Waals surface area contributed by atoms with Crippen LogP contribution in [0.25, 0.3) is 0 Å². The topological polar surface area (TPSA) is 182 Å². The highest BCUT2D eigenvalue weighted by molar-refractivity contribution is 5.81. The predicted octanol–water partition coefficient (Wildman–Crippen LogP) is 2.58. The van der Waals surface area contributed by atoms with Crippen LogP contribution in [0.2, 0.25) is 0 Å². The molecule has 15 nitrogen and oxygen atoms in total. The van der Waals surface area contributed by atoms with Crippen molar-refractivity contribution in [1.29, 1.82) is 5.26 Å². The number of carbonyl (C=O) groups excluding carboxylic acids is 3. The summed E-state index contributed by atoms with van der Waals surface area (Å²) >= 11 is 0. The fraction of sp³-hybridized carbons (Fsp3) is 0.806. The molecule has 0 saturated carbocycles. The number of rotatable bonds is 33. The molecule has 0 rings (SSSR count). The Labute approximate surface area is 272 Å². The van der Waals surface area contributed by atoms with Gasteiger partial charge < -0.3 is 47.9 Å². The summed E-state index contributed by atoms with van der Waals surface area (Å²) in [6.07, 6.45) is 6.59. The SMILES string of the molecule is C=CC(=O)OCCOCCOCC(COCC)(COCC)COCCOCCOC(=O)NCCCC(CCCOC#N)CN=C=O. The van der Waals surface area contributed by atoms with Gasteiger partial charge >= 0.3 is 12.1 Å². The second kappa shape index (κ2) is 31.9. The van der Waals surface area contributed by atoms with Gasteiger partial charge in [-0.25, -0.2) is 19.4 Å². The molecule has 0 aliphatic carbocycles. The maximum Gasteiger partial charge on any atom is 0.407 e. The van der Waals surface area contributed by atoms with Gasteiger partial charge in [0.1, 0.15) is 19.8 Å². The van der Waals surface area contributed by atoms with Crippen LogP contribution in [0.3, 0.4) is 0 Å². The molecule has 0 heterocycles. The van der Waals surface area contributed by atoms with Gasteiger partial charge in [0.25, 0.3) is 6.26 Å². The second-order valence-corrected chi connectivity index (χ2v) is 10.1. The van der Waals surface area contributed by atoms with E-state index in [2.05, 4.69) is 21.6 Å². The van der Waals surface area contributed by atoms with Gasteiger partial charge in [-0.05, 0) is 45.4 Å². The Balaban J connectivity index is 4.23. The molecule has 46 heavy (non-hydrogen) atoms. The van der Waals surface area contributed by atoms with Crippen LogP contribution in [0.1, 0.15) is 39.5 Å². The van der Waals surface area contributed by atoms with Gasteiger partial charge in [0, 0.05) is 25.8 Å². The van der Waals surface area contributed by atoms with E-state index in [-0.39, 0.29) is 32.3 Å². The normalized spacial score (nSPS) is 11.6. The number of nitriles is 1. The minimum absolute atomic E-state index is 0.0899. The summed E-state index contributed by atoms with van der Waals surface area (Å²) in [6, 6.07) is 0. The Kier molecular flexibility index (Phi) is 29.7. The van der Waals surface area contributed by atoms with Gasteiger partial charge in [0.05, 0.1) is 78.0 Å². The van der Waals surface area contributed by atoms with Crippen LogP contribution in [-0.4, -0.2) is 130 Å². The number of alkyl carbamates (subject to hydrolysis) is 1. The smallest absolute Gasteiger partial charge is 0.407 e. The van der Waals surface area contributed by atoms with Gasteiger partial charge in [-0.3, -0.25) is 0 Å². The fourth-order valence-electron chi connectivity index (χ4n) is 3.97. The number of aliphatic imine (C=N–C) groups is 1. The lowest BCUT2D eigenvalue weighted by atomic mass is 9.92. The number of isocyanates is 1. The Morgan fingerprint density at radius 1 is 0.804 bits per heavy atom. The van der Waals surface area contributed by atoms with Gasteiger partial charge in [0.2, 0.25) is 6.08 Å². The number of hydrogen-bond donors (Lipinski definition) is 1. The van der Waals surface area contributed by atoms with Gasteiger partial charge in [-0.1, -0.05) is 6.58 Å². The highest BCUT2D eigenvalue weighted by Gasteiger charge is 2.32. The van der Waals surface area contributed by atoms with Crippen LogP contribution in [0.15, 0.2) is 17.6 Å². The minimum atomic E-state index is -0.539. The van der Waals surface area contributed by atoms with E-state index in [1.54, 1.807) is 12.3 Å². The minimum Gasteiger partial charge on any atom is -0.460 e. The quantitative estimate of drug-likeness (QED) is 0.0271. The maximum atomic E-state index is 11.9. The van der Waals surface area contributed by atoms with Gasteiger partial charge in [-0.2, -0.15) is 5.26 Å². The zero-order chi connectivity index (χ0) is 34.0. The summed E-state index contributed by atoms with van der Waals surface area (Å²) in [5.74, 6) is -0.352. The van der Waals surface area contributed by atoms with Crippen molar-refractivity contribution in [2.24, 2.45) is 16.3 Å². The molecule has 0 saturated heterocycles. The van der Waals surface area contributed by atoms with E-state index in [4.69, 9.17) is 43.2 Å². The molecule has 0 aliphatic heterocycles. The van der Waals surface area contributed by atoms with Crippen molar-refractivity contribution in [3.8, 4) is 6.26 Å². The monoisotopic (exact) mass is 659 g/mol. The third-order valence-corrected chi connectivity index (χ3v) is 6.28. The Hall–Kier alpha value is -3.09. The summed E-state index contributed by atoms with van der Waals surface area (Å²) in [7, 11) is 0. The number of esters is 1. The van der Waals surface area contributed by atoms with E-state index in [9.17, 15) is 14.4 Å². The lowest BCUT2D eigenvalue weighted by Crippen LogP contribution is -2.42. The summed E-state index contributed by atoms with van der Waals surface area (Å²) in [4.78, 5) is 37.1. The summed E-state index contributed by atoms with van der Waals surface area (Å²) in [5.41, 5.74) is -0.528. The second-order valence-electron chi connectivity index (χ2n) is 10.1. The summed E-state index contributed by atoms with van der Waals surface area (Å²) in [5, 5.41) is 11.1. The molecule has 15 heteroatoms. The molecule has 1 atom stereocenters. The Bertz CT molecular complexity index is 856. The van der Waals surface area contributed by atoms with E-state index in [1.165, 1.54) is 0 Å². The number of nitrogens with one attached hydrogen (secondary N) is 1. The molecular formula is C31H53N3O12. The largest absolute Gasteiger partial charge is 0.460 e. The molecule has 0 aliphatic rings. The molecule has 1 N–H and O–H groups in total. The van der Waals surface area contributed by atoms with Crippen LogP contribution in [0.4, 0.5) is 4.79 Å². The lowest BCUT2D eigenvalue weighted by molar-refractivity contribution is -0.139. The van der Waals surface area contributed by atoms with Crippen molar-refractivity contribution in [3.63, 3.8) is 0 Å². The average molecular weight is 660 g/mol. The van der Waals surface area contributed by atoms with Crippen LogP contribution in [-0.2, 0) is 52.2 Å². The first-order valence-electron chi connectivity index (χ1n) is 15.7. The van der Waals surface area contributed by atoms with E-state index < -0.39 is 17.5 Å². The molecule has 0 aromatic rings. The number of ether oxygens (including phenoxy) is 9. The van der Waals surface area contributed by atoms with E-state index >= 15 is 0 Å². The third-order valence-electron chi connectivity index (χ3n) is 6.28. The molecule has 0 spiro atoms. The molecule has 0 aromatic heterocycles. The molecule has 0 bridgehead atoms. The highest BCUT2D eigenvalue weighted by Crippen LogP contribution is 2.21. The number of amides is 1. The standard InChI is InChI=1S/C31H53N3O12/c1-4-29(36)45-19-17-40-13-15-42-24-31(22-38-5-2,23-39-6-3)25-43-16-14-41-18-20-46-30(37)34-11-7-9-28(21-33-27-35)10-8-12-44-26-32/h4,28H,1,5-25H2,2-3H3,(H,34,37). The number of nitrogens with zero attached hydrogens (tertiary/aromatic N) is 2. The van der Waals surface area contributed by atoms with Gasteiger partial charge in [-0.15, -0.1) is 0 Å². The average Bonchev–Trinajstić information content (AvgIpc) is 3.07. The molecular weight excluding hydrogens is 606 g/mol. The fourth-order valence-corrected chi connectivity index (χ4v) is 3.97. The molecule has 0 radical (unpaired) electrons. The van der Waals surface area contributed by atoms with Crippen LogP contribution in [0, 0.1) is 22.9 Å². The molecule has 1 unspecified atom stereocenters. The van der Waals surface area contributed by atoms with E-state index in [0.717, 1.165) is 18.9 Å². The zero-order valence-electron chi connectivity index (χ0n) is 27.5. The molecule has 1 amide bonds. The molecule has 0 aromatic carbocycles. The number of carbonyl (C=O) groups is 2. The first-order chi connectivity index (χ1) is 22.5.